The van der Waals surface area contributed by atoms with Gasteiger partial charge in [-0.15, -0.1) is 0 Å². The Morgan fingerprint density at radius 3 is 2.30 bits per heavy atom. The molecule has 106 valence electrons. The van der Waals surface area contributed by atoms with Crippen LogP contribution in [0.2, 0.25) is 5.02 Å². The van der Waals surface area contributed by atoms with Gasteiger partial charge in [0.2, 0.25) is 0 Å². The van der Waals surface area contributed by atoms with E-state index in [9.17, 15) is 13.2 Å². The zero-order chi connectivity index (χ0) is 14.9. The maximum atomic E-state index is 13.4. The summed E-state index contributed by atoms with van der Waals surface area (Å²) in [6.07, 6.45) is 0. The summed E-state index contributed by atoms with van der Waals surface area (Å²) in [7, 11) is 1.65. The first-order valence-corrected chi connectivity index (χ1v) is 6.87. The molecule has 0 heterocycles. The number of hydrogen-bond donors (Lipinski definition) is 1. The smallest absolute Gasteiger partial charge is 0.160 e. The maximum Gasteiger partial charge on any atom is 0.160 e. The Labute approximate surface area is 127 Å². The van der Waals surface area contributed by atoms with E-state index in [1.165, 1.54) is 6.07 Å². The topological polar surface area (TPSA) is 12.0 Å². The lowest BCUT2D eigenvalue weighted by molar-refractivity contribution is 0.505. The third-order valence-corrected chi connectivity index (χ3v) is 3.85. The quantitative estimate of drug-likeness (QED) is 0.769. The van der Waals surface area contributed by atoms with Gasteiger partial charge in [0, 0.05) is 5.02 Å². The van der Waals surface area contributed by atoms with E-state index in [0.29, 0.717) is 11.1 Å². The second-order valence-electron chi connectivity index (χ2n) is 4.18. The minimum absolute atomic E-state index is 0.101. The van der Waals surface area contributed by atoms with Crippen LogP contribution in [-0.4, -0.2) is 7.05 Å². The van der Waals surface area contributed by atoms with Gasteiger partial charge in [0.1, 0.15) is 5.82 Å². The van der Waals surface area contributed by atoms with Crippen LogP contribution in [0.5, 0.6) is 0 Å². The second kappa shape index (κ2) is 6.16. The lowest BCUT2D eigenvalue weighted by Gasteiger charge is -2.19. The van der Waals surface area contributed by atoms with Crippen LogP contribution < -0.4 is 5.32 Å². The van der Waals surface area contributed by atoms with E-state index >= 15 is 0 Å². The highest BCUT2D eigenvalue weighted by Gasteiger charge is 2.19. The summed E-state index contributed by atoms with van der Waals surface area (Å²) in [5.41, 5.74) is 1.06. The van der Waals surface area contributed by atoms with Crippen molar-refractivity contribution in [2.75, 3.05) is 7.05 Å². The van der Waals surface area contributed by atoms with Gasteiger partial charge in [0.25, 0.3) is 0 Å². The van der Waals surface area contributed by atoms with E-state index in [-0.39, 0.29) is 9.50 Å². The van der Waals surface area contributed by atoms with Crippen molar-refractivity contribution in [2.45, 2.75) is 6.04 Å². The first-order valence-electron chi connectivity index (χ1n) is 5.70. The molecule has 0 saturated heterocycles. The predicted octanol–water partition coefficient (Wildman–Crippen LogP) is 4.83. The SMILES string of the molecule is CNC(c1ccc(F)c(Br)c1)c1cc(F)c(F)cc1Cl. The average molecular weight is 365 g/mol. The predicted molar refractivity (Wildman–Crippen MR) is 76.4 cm³/mol. The molecular formula is C14H10BrClF3N. The maximum absolute atomic E-state index is 13.4. The molecule has 0 aromatic heterocycles. The number of nitrogens with one attached hydrogen (secondary N) is 1. The molecule has 0 fully saturated rings. The molecule has 0 bridgehead atoms. The van der Waals surface area contributed by atoms with Crippen LogP contribution in [0.1, 0.15) is 17.2 Å². The highest BCUT2D eigenvalue weighted by Crippen LogP contribution is 2.31. The Morgan fingerprint density at radius 1 is 1.05 bits per heavy atom. The molecule has 6 heteroatoms. The van der Waals surface area contributed by atoms with Gasteiger partial charge in [-0.05, 0) is 58.4 Å². The molecule has 2 rings (SSSR count). The first-order chi connectivity index (χ1) is 9.43. The normalized spacial score (nSPS) is 12.5. The van der Waals surface area contributed by atoms with E-state index in [1.807, 2.05) is 0 Å². The van der Waals surface area contributed by atoms with Crippen molar-refractivity contribution in [2.24, 2.45) is 0 Å². The van der Waals surface area contributed by atoms with Gasteiger partial charge in [0.05, 0.1) is 10.5 Å². The zero-order valence-electron chi connectivity index (χ0n) is 10.4. The molecule has 0 saturated carbocycles. The van der Waals surface area contributed by atoms with Gasteiger partial charge >= 0.3 is 0 Å². The summed E-state index contributed by atoms with van der Waals surface area (Å²) < 4.78 is 40.0. The van der Waals surface area contributed by atoms with Crippen molar-refractivity contribution in [1.29, 1.82) is 0 Å². The summed E-state index contributed by atoms with van der Waals surface area (Å²) in [5, 5.41) is 3.05. The van der Waals surface area contributed by atoms with E-state index in [0.717, 1.165) is 12.1 Å². The molecule has 2 aromatic carbocycles. The first kappa shape index (κ1) is 15.4. The molecule has 0 aliphatic carbocycles. The summed E-state index contributed by atoms with van der Waals surface area (Å²) >= 11 is 9.05. The molecule has 1 nitrogen and oxygen atoms in total. The van der Waals surface area contributed by atoms with Crippen molar-refractivity contribution >= 4 is 27.5 Å². The monoisotopic (exact) mass is 363 g/mol. The zero-order valence-corrected chi connectivity index (χ0v) is 12.7. The summed E-state index contributed by atoms with van der Waals surface area (Å²) in [6, 6.07) is 5.89. The van der Waals surface area contributed by atoms with Crippen molar-refractivity contribution in [3.63, 3.8) is 0 Å². The molecule has 1 N–H and O–H groups in total. The molecule has 20 heavy (non-hydrogen) atoms. The number of halogens is 5. The fraction of sp³-hybridized carbons (Fsp3) is 0.143. The minimum atomic E-state index is -1.01. The van der Waals surface area contributed by atoms with Crippen LogP contribution >= 0.6 is 27.5 Å². The highest BCUT2D eigenvalue weighted by atomic mass is 79.9. The molecule has 0 aliphatic rings. The highest BCUT2D eigenvalue weighted by molar-refractivity contribution is 9.10. The Hall–Kier alpha value is -1.04. The van der Waals surface area contributed by atoms with Crippen LogP contribution in [-0.2, 0) is 0 Å². The standard InChI is InChI=1S/C14H10BrClF3N/c1-20-14(7-2-3-11(17)9(15)4-7)8-5-12(18)13(19)6-10(8)16/h2-6,14,20H,1H3. The van der Waals surface area contributed by atoms with Gasteiger partial charge in [-0.25, -0.2) is 13.2 Å². The Kier molecular flexibility index (Phi) is 4.73. The van der Waals surface area contributed by atoms with Gasteiger partial charge in [-0.3, -0.25) is 0 Å². The Morgan fingerprint density at radius 2 is 1.70 bits per heavy atom. The number of benzene rings is 2. The molecule has 0 aliphatic heterocycles. The molecule has 1 unspecified atom stereocenters. The summed E-state index contributed by atoms with van der Waals surface area (Å²) in [5.74, 6) is -2.39. The lowest BCUT2D eigenvalue weighted by atomic mass is 9.98. The fourth-order valence-electron chi connectivity index (χ4n) is 1.95. The second-order valence-corrected chi connectivity index (χ2v) is 5.44. The van der Waals surface area contributed by atoms with Crippen molar-refractivity contribution in [3.8, 4) is 0 Å². The van der Waals surface area contributed by atoms with Crippen LogP contribution in [0.15, 0.2) is 34.8 Å². The van der Waals surface area contributed by atoms with Gasteiger partial charge in [0.15, 0.2) is 11.6 Å². The molecule has 2 aromatic rings. The largest absolute Gasteiger partial charge is 0.309 e. The molecule has 0 amide bonds. The average Bonchev–Trinajstić information content (AvgIpc) is 2.40. The Bertz CT molecular complexity index is 649. The van der Waals surface area contributed by atoms with E-state index in [4.69, 9.17) is 11.6 Å². The van der Waals surface area contributed by atoms with Gasteiger partial charge < -0.3 is 5.32 Å². The molecular weight excluding hydrogens is 355 g/mol. The third kappa shape index (κ3) is 3.00. The number of hydrogen-bond acceptors (Lipinski definition) is 1. The minimum Gasteiger partial charge on any atom is -0.309 e. The molecule has 0 radical (unpaired) electrons. The van der Waals surface area contributed by atoms with Crippen LogP contribution in [0, 0.1) is 17.5 Å². The van der Waals surface area contributed by atoms with Crippen molar-refractivity contribution < 1.29 is 13.2 Å². The third-order valence-electron chi connectivity index (χ3n) is 2.92. The van der Waals surface area contributed by atoms with E-state index < -0.39 is 23.5 Å². The van der Waals surface area contributed by atoms with Gasteiger partial charge in [-0.1, -0.05) is 17.7 Å². The van der Waals surface area contributed by atoms with Crippen LogP contribution in [0.25, 0.3) is 0 Å². The molecule has 0 spiro atoms. The summed E-state index contributed by atoms with van der Waals surface area (Å²) in [4.78, 5) is 0. The molecule has 1 atom stereocenters. The van der Waals surface area contributed by atoms with Crippen LogP contribution in [0.4, 0.5) is 13.2 Å². The Balaban J connectivity index is 2.52. The van der Waals surface area contributed by atoms with Crippen molar-refractivity contribution in [3.05, 3.63) is 68.4 Å². The lowest BCUT2D eigenvalue weighted by Crippen LogP contribution is -2.18. The van der Waals surface area contributed by atoms with Crippen molar-refractivity contribution in [1.82, 2.24) is 5.32 Å². The van der Waals surface area contributed by atoms with Crippen LogP contribution in [0.3, 0.4) is 0 Å². The van der Waals surface area contributed by atoms with Gasteiger partial charge in [-0.2, -0.15) is 0 Å². The van der Waals surface area contributed by atoms with E-state index in [2.05, 4.69) is 21.2 Å². The summed E-state index contributed by atoms with van der Waals surface area (Å²) in [6.45, 7) is 0. The number of rotatable bonds is 3. The fourth-order valence-corrected chi connectivity index (χ4v) is 2.61. The van der Waals surface area contributed by atoms with E-state index in [1.54, 1.807) is 19.2 Å².